The number of hydrogen-bond donors (Lipinski definition) is 1. The molecule has 0 saturated heterocycles. The maximum atomic E-state index is 14.6. The van der Waals surface area contributed by atoms with E-state index in [1.54, 1.807) is 29.8 Å². The van der Waals surface area contributed by atoms with E-state index in [9.17, 15) is 13.6 Å². The highest BCUT2D eigenvalue weighted by molar-refractivity contribution is 6.76. The summed E-state index contributed by atoms with van der Waals surface area (Å²) >= 11 is 0. The van der Waals surface area contributed by atoms with Crippen LogP contribution < -0.4 is 0 Å². The van der Waals surface area contributed by atoms with E-state index in [-0.39, 0.29) is 19.6 Å². The molecule has 1 saturated carbocycles. The Morgan fingerprint density at radius 1 is 1.32 bits per heavy atom. The maximum absolute atomic E-state index is 14.6. The maximum Gasteiger partial charge on any atom is 0.337 e. The molecule has 3 aromatic rings. The second-order valence-corrected chi connectivity index (χ2v) is 16.5. The fourth-order valence-corrected chi connectivity index (χ4v) is 5.71. The van der Waals surface area contributed by atoms with Crippen LogP contribution in [-0.4, -0.2) is 53.4 Å². The molecule has 10 heteroatoms. The van der Waals surface area contributed by atoms with Crippen LogP contribution >= 0.6 is 0 Å². The largest absolute Gasteiger partial charge is 0.465 e. The Hall–Kier alpha value is -2.59. The third kappa shape index (κ3) is 3.67. The smallest absolute Gasteiger partial charge is 0.337 e. The molecule has 34 heavy (non-hydrogen) atoms. The van der Waals surface area contributed by atoms with Gasteiger partial charge in [-0.3, -0.25) is 0 Å². The van der Waals surface area contributed by atoms with E-state index in [0.29, 0.717) is 29.2 Å². The van der Waals surface area contributed by atoms with Gasteiger partial charge in [0.25, 0.3) is 5.92 Å². The van der Waals surface area contributed by atoms with Crippen molar-refractivity contribution < 1.29 is 23.0 Å². The zero-order chi connectivity index (χ0) is 24.5. The number of aromatic nitrogens is 4. The molecule has 1 fully saturated rings. The van der Waals surface area contributed by atoms with E-state index in [4.69, 9.17) is 14.6 Å². The lowest BCUT2D eigenvalue weighted by Crippen LogP contribution is -2.23. The number of fused-ring (bicyclic) bond motifs is 3. The van der Waals surface area contributed by atoms with Crippen molar-refractivity contribution in [1.29, 1.82) is 0 Å². The van der Waals surface area contributed by atoms with E-state index in [2.05, 4.69) is 29.6 Å². The molecule has 2 heterocycles. The topological polar surface area (TPSA) is 82.0 Å². The van der Waals surface area contributed by atoms with Crippen molar-refractivity contribution >= 4 is 25.1 Å². The number of alkyl halides is 2. The Kier molecular flexibility index (Phi) is 5.25. The molecule has 2 unspecified atom stereocenters. The molecule has 2 aliphatic rings. The monoisotopic (exact) mass is 488 g/mol. The Balaban J connectivity index is 1.50. The molecule has 1 N–H and O–H groups in total. The zero-order valence-electron chi connectivity index (χ0n) is 20.2. The quantitative estimate of drug-likeness (QED) is 0.291. The van der Waals surface area contributed by atoms with Crippen molar-refractivity contribution in [2.45, 2.75) is 58.1 Å². The zero-order valence-corrected chi connectivity index (χ0v) is 21.2. The molecule has 182 valence electrons. The second-order valence-electron chi connectivity index (χ2n) is 10.9. The number of nitrogens with zero attached hydrogens (tertiary/aromatic N) is 3. The van der Waals surface area contributed by atoms with Gasteiger partial charge in [-0.15, -0.1) is 0 Å². The number of imidazole rings is 1. The number of ether oxygens (including phenoxy) is 2. The molecule has 0 spiro atoms. The van der Waals surface area contributed by atoms with Crippen molar-refractivity contribution in [3.05, 3.63) is 35.0 Å². The number of halogens is 2. The number of methoxy groups -OCH3 is 1. The van der Waals surface area contributed by atoms with Crippen LogP contribution in [0.2, 0.25) is 25.7 Å². The lowest BCUT2D eigenvalue weighted by Gasteiger charge is -2.19. The molecule has 7 nitrogen and oxygen atoms in total. The summed E-state index contributed by atoms with van der Waals surface area (Å²) in [6, 6.07) is 6.09. The summed E-state index contributed by atoms with van der Waals surface area (Å²) in [7, 11) is 0.0848. The Labute approximate surface area is 197 Å². The Morgan fingerprint density at radius 3 is 2.79 bits per heavy atom. The van der Waals surface area contributed by atoms with Crippen molar-refractivity contribution in [2.75, 3.05) is 13.7 Å². The van der Waals surface area contributed by atoms with Gasteiger partial charge >= 0.3 is 5.97 Å². The molecular formula is C24H30F2N4O3Si. The lowest BCUT2D eigenvalue weighted by molar-refractivity contribution is 0.0590. The third-order valence-electron chi connectivity index (χ3n) is 7.33. The number of nitrogens with one attached hydrogen (secondary N) is 1. The minimum Gasteiger partial charge on any atom is -0.465 e. The van der Waals surface area contributed by atoms with Crippen LogP contribution in [0, 0.1) is 11.3 Å². The molecule has 2 atom stereocenters. The molecule has 5 rings (SSSR count). The molecule has 0 aliphatic heterocycles. The minimum atomic E-state index is -2.68. The first-order chi connectivity index (χ1) is 15.9. The predicted octanol–water partition coefficient (Wildman–Crippen LogP) is 4.90. The predicted molar refractivity (Wildman–Crippen MR) is 127 cm³/mol. The van der Waals surface area contributed by atoms with Crippen LogP contribution in [-0.2, 0) is 29.0 Å². The van der Waals surface area contributed by atoms with Gasteiger partial charge in [0.2, 0.25) is 0 Å². The number of hydrogen-bond acceptors (Lipinski definition) is 5. The standard InChI is InChI=1S/C24H30F2N4O3Si/c1-23-12-18-15(11-19(23)24(23,25)26)20(29-30(18)13-33-8-9-34(3,4)5)21-27-16-7-6-14(22(31)32-2)10-17(16)28-21/h6-7,10,19H,8-9,11-13H2,1-5H3,(H,27,28). The van der Waals surface area contributed by atoms with Crippen LogP contribution in [0.5, 0.6) is 0 Å². The van der Waals surface area contributed by atoms with Gasteiger partial charge in [0.05, 0.1) is 23.7 Å². The number of esters is 1. The van der Waals surface area contributed by atoms with E-state index < -0.39 is 31.3 Å². The van der Waals surface area contributed by atoms with Crippen molar-refractivity contribution in [1.82, 2.24) is 19.7 Å². The van der Waals surface area contributed by atoms with Crippen LogP contribution in [0.15, 0.2) is 18.2 Å². The summed E-state index contributed by atoms with van der Waals surface area (Å²) in [6.45, 7) is 9.37. The van der Waals surface area contributed by atoms with Crippen molar-refractivity contribution in [3.8, 4) is 11.5 Å². The fraction of sp³-hybridized carbons (Fsp3) is 0.542. The van der Waals surface area contributed by atoms with Gasteiger partial charge in [-0.1, -0.05) is 26.6 Å². The summed E-state index contributed by atoms with van der Waals surface area (Å²) < 4.78 is 41.7. The van der Waals surface area contributed by atoms with E-state index in [1.165, 1.54) is 7.11 Å². The SMILES string of the molecule is COC(=O)c1ccc2[nH]c(-c3nn(COCC[Si](C)(C)C)c4c3CC3C(F)(F)C3(C)C4)nc2c1. The summed E-state index contributed by atoms with van der Waals surface area (Å²) in [4.78, 5) is 19.8. The van der Waals surface area contributed by atoms with Gasteiger partial charge in [-0.05, 0) is 30.7 Å². The van der Waals surface area contributed by atoms with E-state index in [1.807, 2.05) is 0 Å². The third-order valence-corrected chi connectivity index (χ3v) is 9.04. The van der Waals surface area contributed by atoms with Gasteiger partial charge in [-0.25, -0.2) is 23.2 Å². The average molecular weight is 489 g/mol. The molecule has 0 bridgehead atoms. The molecule has 2 aromatic heterocycles. The van der Waals surface area contributed by atoms with E-state index in [0.717, 1.165) is 22.8 Å². The van der Waals surface area contributed by atoms with Crippen LogP contribution in [0.4, 0.5) is 8.78 Å². The van der Waals surface area contributed by atoms with Crippen molar-refractivity contribution in [3.63, 3.8) is 0 Å². The summed E-state index contributed by atoms with van der Waals surface area (Å²) in [6.07, 6.45) is 0.518. The highest BCUT2D eigenvalue weighted by atomic mass is 28.3. The molecule has 0 radical (unpaired) electrons. The lowest BCUT2D eigenvalue weighted by atomic mass is 9.87. The fourth-order valence-electron chi connectivity index (χ4n) is 4.96. The first kappa shape index (κ1) is 23.2. The number of carbonyl (C=O) groups is 1. The number of aromatic amines is 1. The Morgan fingerprint density at radius 2 is 2.09 bits per heavy atom. The molecule has 1 aromatic carbocycles. The van der Waals surface area contributed by atoms with E-state index >= 15 is 0 Å². The Bertz CT molecular complexity index is 1280. The van der Waals surface area contributed by atoms with Crippen LogP contribution in [0.25, 0.3) is 22.6 Å². The number of benzene rings is 1. The van der Waals surface area contributed by atoms with Gasteiger partial charge in [0.1, 0.15) is 12.4 Å². The second kappa shape index (κ2) is 7.71. The first-order valence-electron chi connectivity index (χ1n) is 11.6. The van der Waals surface area contributed by atoms with Gasteiger partial charge < -0.3 is 14.5 Å². The number of H-pyrrole nitrogens is 1. The van der Waals surface area contributed by atoms with Crippen LogP contribution in [0.3, 0.4) is 0 Å². The normalized spacial score (nSPS) is 23.0. The van der Waals surface area contributed by atoms with Gasteiger partial charge in [-0.2, -0.15) is 5.10 Å². The van der Waals surface area contributed by atoms with Crippen LogP contribution in [0.1, 0.15) is 28.5 Å². The summed E-state index contributed by atoms with van der Waals surface area (Å²) in [5, 5.41) is 4.77. The van der Waals surface area contributed by atoms with Gasteiger partial charge in [0, 0.05) is 43.7 Å². The molecule has 0 amide bonds. The first-order valence-corrected chi connectivity index (χ1v) is 15.3. The number of carbonyl (C=O) groups excluding carboxylic acids is 1. The molecular weight excluding hydrogens is 458 g/mol. The molecule has 2 aliphatic carbocycles. The highest BCUT2D eigenvalue weighted by Crippen LogP contribution is 2.70. The number of rotatable bonds is 7. The average Bonchev–Trinajstić information content (AvgIpc) is 3.14. The van der Waals surface area contributed by atoms with Gasteiger partial charge in [0.15, 0.2) is 5.82 Å². The summed E-state index contributed by atoms with van der Waals surface area (Å²) in [5.41, 5.74) is 2.86. The summed E-state index contributed by atoms with van der Waals surface area (Å²) in [5.74, 6) is -3.32. The highest BCUT2D eigenvalue weighted by Gasteiger charge is 2.78. The van der Waals surface area contributed by atoms with Crippen molar-refractivity contribution in [2.24, 2.45) is 11.3 Å². The minimum absolute atomic E-state index is 0.228.